The van der Waals surface area contributed by atoms with E-state index in [9.17, 15) is 24.3 Å². The number of rotatable bonds is 10. The number of Topliss-reactive ketones (excluding diaryl/α,β-unsaturated/α-hetero) is 1. The first kappa shape index (κ1) is 27.5. The lowest BCUT2D eigenvalue weighted by Crippen LogP contribution is -2.55. The van der Waals surface area contributed by atoms with Gasteiger partial charge in [0.1, 0.15) is 11.7 Å². The number of aliphatic hydroxyl groups excluding tert-OH is 1. The largest absolute Gasteiger partial charge is 0.642 e. The lowest BCUT2D eigenvalue weighted by atomic mass is 9.53. The number of aromatic nitrogens is 1. The fourth-order valence-corrected chi connectivity index (χ4v) is 5.38. The van der Waals surface area contributed by atoms with Crippen LogP contribution >= 0.6 is 0 Å². The van der Waals surface area contributed by atoms with Crippen molar-refractivity contribution in [1.29, 1.82) is 0 Å². The van der Waals surface area contributed by atoms with Crippen LogP contribution in [0.4, 0.5) is 0 Å². The summed E-state index contributed by atoms with van der Waals surface area (Å²) in [5.41, 5.74) is 1.53. The van der Waals surface area contributed by atoms with E-state index in [1.54, 1.807) is 23.9 Å². The molecule has 10 nitrogen and oxygen atoms in total. The predicted octanol–water partition coefficient (Wildman–Crippen LogP) is 2.35. The highest BCUT2D eigenvalue weighted by molar-refractivity contribution is 6.72. The Morgan fingerprint density at radius 3 is 2.47 bits per heavy atom. The molecule has 2 aliphatic rings. The molecule has 11 heteroatoms. The summed E-state index contributed by atoms with van der Waals surface area (Å²) in [6.45, 7) is 4.31. The third-order valence-electron chi connectivity index (χ3n) is 7.20. The van der Waals surface area contributed by atoms with E-state index in [1.807, 2.05) is 44.2 Å². The minimum absolute atomic E-state index is 0.0873. The quantitative estimate of drug-likeness (QED) is 0.451. The normalized spacial score (nSPS) is 23.4. The number of nitrogens with one attached hydrogen (secondary N) is 1. The summed E-state index contributed by atoms with van der Waals surface area (Å²) in [6.07, 6.45) is -0.952. The number of aliphatic hydroxyl groups is 1. The zero-order chi connectivity index (χ0) is 27.6. The Morgan fingerprint density at radius 2 is 1.82 bits per heavy atom. The molecule has 1 amide bonds. The fourth-order valence-electron chi connectivity index (χ4n) is 5.38. The number of hydrogen-bond acceptors (Lipinski definition) is 9. The van der Waals surface area contributed by atoms with Crippen molar-refractivity contribution in [2.45, 2.75) is 64.5 Å². The highest BCUT2D eigenvalue weighted by atomic mass is 16.7. The summed E-state index contributed by atoms with van der Waals surface area (Å²) in [7, 11) is 0. The topological polar surface area (TPSA) is 135 Å². The van der Waals surface area contributed by atoms with Crippen LogP contribution in [0.25, 0.3) is 11.3 Å². The van der Waals surface area contributed by atoms with Gasteiger partial charge in [-0.2, -0.15) is 0 Å². The maximum atomic E-state index is 13.5. The van der Waals surface area contributed by atoms with Crippen LogP contribution in [0.15, 0.2) is 48.5 Å². The number of amides is 1. The zero-order valence-electron chi connectivity index (χ0n) is 22.0. The van der Waals surface area contributed by atoms with Gasteiger partial charge in [0, 0.05) is 5.56 Å². The lowest BCUT2D eigenvalue weighted by Gasteiger charge is -2.43. The molecule has 2 fully saturated rings. The molecule has 4 rings (SSSR count). The van der Waals surface area contributed by atoms with Crippen LogP contribution in [0.1, 0.15) is 51.0 Å². The number of fused-ring (bicyclic) bond motifs is 1. The first-order valence-corrected chi connectivity index (χ1v) is 12.9. The van der Waals surface area contributed by atoms with Gasteiger partial charge in [-0.05, 0) is 38.3 Å². The summed E-state index contributed by atoms with van der Waals surface area (Å²) < 4.78 is 11.3. The average Bonchev–Trinajstić information content (AvgIpc) is 3.33. The summed E-state index contributed by atoms with van der Waals surface area (Å²) in [5, 5.41) is 13.1. The lowest BCUT2D eigenvalue weighted by molar-refractivity contribution is -0.140. The molecule has 0 spiro atoms. The first-order chi connectivity index (χ1) is 18.0. The molecular weight excluding hydrogens is 489 g/mol. The number of carbonyl (C=O) groups is 4. The number of nitrogens with zero attached hydrogens (tertiary/aromatic N) is 2. The number of hydrogen-bond donors (Lipinski definition) is 2. The summed E-state index contributed by atoms with van der Waals surface area (Å²) in [5.74, 6) is -2.66. The highest BCUT2D eigenvalue weighted by Gasteiger charge is 2.59. The van der Waals surface area contributed by atoms with E-state index >= 15 is 0 Å². The predicted molar refractivity (Wildman–Crippen MR) is 140 cm³/mol. The Kier molecular flexibility index (Phi) is 7.98. The third kappa shape index (κ3) is 5.49. The molecule has 38 heavy (non-hydrogen) atoms. The van der Waals surface area contributed by atoms with E-state index in [-0.39, 0.29) is 24.6 Å². The molecule has 2 saturated heterocycles. The molecule has 1 unspecified atom stereocenters. The molecule has 1 aromatic heterocycles. The van der Waals surface area contributed by atoms with E-state index in [1.165, 1.54) is 13.0 Å². The molecule has 3 heterocycles. The van der Waals surface area contributed by atoms with Crippen LogP contribution in [0.5, 0.6) is 0 Å². The summed E-state index contributed by atoms with van der Waals surface area (Å²) in [4.78, 5) is 57.3. The van der Waals surface area contributed by atoms with Gasteiger partial charge in [0.15, 0.2) is 5.78 Å². The Bertz CT molecular complexity index is 1220. The van der Waals surface area contributed by atoms with Gasteiger partial charge in [-0.1, -0.05) is 62.5 Å². The van der Waals surface area contributed by atoms with Gasteiger partial charge < -0.3 is 24.5 Å². The maximum Gasteiger partial charge on any atom is 0.435 e. The van der Waals surface area contributed by atoms with Crippen LogP contribution in [0.3, 0.4) is 0 Å². The number of pyridine rings is 1. The third-order valence-corrected chi connectivity index (χ3v) is 7.20. The molecule has 2 aliphatic heterocycles. The van der Waals surface area contributed by atoms with E-state index in [4.69, 9.17) is 9.31 Å². The molecule has 1 aromatic carbocycles. The number of benzene rings is 1. The molecule has 0 aliphatic carbocycles. The van der Waals surface area contributed by atoms with Gasteiger partial charge >= 0.3 is 6.69 Å². The van der Waals surface area contributed by atoms with Crippen LogP contribution in [0, 0.1) is 5.92 Å². The molecule has 0 bridgehead atoms. The van der Waals surface area contributed by atoms with E-state index in [0.717, 1.165) is 5.56 Å². The summed E-state index contributed by atoms with van der Waals surface area (Å²) in [6, 6.07) is 12.4. The Labute approximate surface area is 221 Å². The SMILES string of the molecule is CC(C)C[C@H](CC(=O)[C@@H](NC(=O)c1cccc(-c2ccccc2)n1)[C@@H](C)O)[B-]12OC(=O)CN1[C@@H](C)C(=O)O2. The standard InChI is InChI=1S/C27H33BN3O7/c1-16(2)13-20(28-31(15-24(34)37-28)17(3)27(36)38-28)14-23(33)25(18(4)32)30-26(35)22-12-8-11-21(29-22)19-9-6-5-7-10-19/h5-12,16-18,20,25,32H,13-15H2,1-4H3,(H,30,35)/q-1/t17-,18+,20+,25-,28?/m0/s1. The molecule has 202 valence electrons. The molecule has 2 N–H and O–H groups in total. The minimum Gasteiger partial charge on any atom is -0.642 e. The van der Waals surface area contributed by atoms with E-state index in [0.29, 0.717) is 12.1 Å². The van der Waals surface area contributed by atoms with Gasteiger partial charge in [-0.3, -0.25) is 19.2 Å². The molecule has 2 aromatic rings. The van der Waals surface area contributed by atoms with Crippen LogP contribution in [0.2, 0.25) is 5.82 Å². The van der Waals surface area contributed by atoms with Crippen molar-refractivity contribution in [3.8, 4) is 11.3 Å². The van der Waals surface area contributed by atoms with Gasteiger partial charge in [-0.15, -0.1) is 0 Å². The van der Waals surface area contributed by atoms with Crippen molar-refractivity contribution in [3.05, 3.63) is 54.2 Å². The second-order valence-corrected chi connectivity index (χ2v) is 10.5. The van der Waals surface area contributed by atoms with Crippen LogP contribution < -0.4 is 5.32 Å². The summed E-state index contributed by atoms with van der Waals surface area (Å²) >= 11 is 0. The van der Waals surface area contributed by atoms with Crippen molar-refractivity contribution < 1.29 is 33.6 Å². The Hall–Kier alpha value is -3.57. The van der Waals surface area contributed by atoms with Crippen LogP contribution in [-0.4, -0.2) is 69.9 Å². The van der Waals surface area contributed by atoms with Crippen molar-refractivity contribution in [2.75, 3.05) is 6.54 Å². The van der Waals surface area contributed by atoms with Gasteiger partial charge in [0.25, 0.3) is 17.8 Å². The number of ketones is 1. The molecule has 5 atom stereocenters. The smallest absolute Gasteiger partial charge is 0.435 e. The second-order valence-electron chi connectivity index (χ2n) is 10.5. The zero-order valence-corrected chi connectivity index (χ0v) is 22.0. The van der Waals surface area contributed by atoms with Gasteiger partial charge in [-0.25, -0.2) is 4.98 Å². The van der Waals surface area contributed by atoms with Crippen molar-refractivity contribution in [2.24, 2.45) is 5.92 Å². The van der Waals surface area contributed by atoms with Crippen molar-refractivity contribution >= 4 is 30.3 Å². The maximum absolute atomic E-state index is 13.5. The van der Waals surface area contributed by atoms with Gasteiger partial charge in [0.2, 0.25) is 0 Å². The Morgan fingerprint density at radius 1 is 1.11 bits per heavy atom. The van der Waals surface area contributed by atoms with Crippen molar-refractivity contribution in [3.63, 3.8) is 0 Å². The number of carbonyl (C=O) groups excluding carboxylic acids is 4. The second kappa shape index (κ2) is 11.0. The monoisotopic (exact) mass is 522 g/mol. The molecular formula is C27H33BN3O7-. The highest BCUT2D eigenvalue weighted by Crippen LogP contribution is 2.44. The Balaban J connectivity index is 1.55. The minimum atomic E-state index is -2.53. The molecule has 0 saturated carbocycles. The van der Waals surface area contributed by atoms with E-state index in [2.05, 4.69) is 10.3 Å². The van der Waals surface area contributed by atoms with Gasteiger partial charge in [0.05, 0.1) is 24.4 Å². The molecule has 0 radical (unpaired) electrons. The first-order valence-electron chi connectivity index (χ1n) is 12.9. The fraction of sp³-hybridized carbons (Fsp3) is 0.444. The average molecular weight is 522 g/mol. The van der Waals surface area contributed by atoms with Crippen LogP contribution in [-0.2, 0) is 23.7 Å². The van der Waals surface area contributed by atoms with E-state index < -0.39 is 54.3 Å². The van der Waals surface area contributed by atoms with Crippen molar-refractivity contribution in [1.82, 2.24) is 15.1 Å².